The zero-order valence-electron chi connectivity index (χ0n) is 12.0. The fraction of sp³-hybridized carbons (Fsp3) is 0.917. The Labute approximate surface area is 115 Å². The molecule has 1 rings (SSSR count). The molecule has 0 aromatic rings. The Hall–Kier alpha value is -0.820. The minimum atomic E-state index is -3.10. The summed E-state index contributed by atoms with van der Waals surface area (Å²) in [6.45, 7) is 5.53. The van der Waals surface area contributed by atoms with Gasteiger partial charge in [0.25, 0.3) is 0 Å². The number of amides is 1. The molecule has 19 heavy (non-hydrogen) atoms. The molecule has 0 aromatic carbocycles. The van der Waals surface area contributed by atoms with E-state index in [-0.39, 0.29) is 6.54 Å². The molecule has 1 aliphatic rings. The van der Waals surface area contributed by atoms with Crippen molar-refractivity contribution in [1.82, 2.24) is 5.32 Å². The van der Waals surface area contributed by atoms with Crippen LogP contribution >= 0.6 is 0 Å². The lowest BCUT2D eigenvalue weighted by molar-refractivity contribution is 0.0460. The summed E-state index contributed by atoms with van der Waals surface area (Å²) in [5.41, 5.74) is 4.46. The Morgan fingerprint density at radius 3 is 2.42 bits per heavy atom. The van der Waals surface area contributed by atoms with Crippen LogP contribution in [0.3, 0.4) is 0 Å². The largest absolute Gasteiger partial charge is 0.444 e. The predicted octanol–water partition coefficient (Wildman–Crippen LogP) is 0.806. The lowest BCUT2D eigenvalue weighted by Crippen LogP contribution is -2.53. The fourth-order valence-corrected chi connectivity index (χ4v) is 3.48. The first kappa shape index (κ1) is 16.2. The maximum absolute atomic E-state index is 11.8. The number of hydrogen-bond donors (Lipinski definition) is 2. The van der Waals surface area contributed by atoms with Crippen LogP contribution in [0.15, 0.2) is 0 Å². The van der Waals surface area contributed by atoms with Gasteiger partial charge in [-0.15, -0.1) is 0 Å². The van der Waals surface area contributed by atoms with Crippen LogP contribution in [0.1, 0.15) is 40.0 Å². The summed E-state index contributed by atoms with van der Waals surface area (Å²) in [6.07, 6.45) is 2.10. The Kier molecular flexibility index (Phi) is 4.51. The molecule has 0 unspecified atom stereocenters. The van der Waals surface area contributed by atoms with Gasteiger partial charge < -0.3 is 15.8 Å². The van der Waals surface area contributed by atoms with Crippen molar-refractivity contribution in [3.63, 3.8) is 0 Å². The van der Waals surface area contributed by atoms with Crippen LogP contribution < -0.4 is 11.1 Å². The molecule has 1 fully saturated rings. The van der Waals surface area contributed by atoms with Crippen LogP contribution in [-0.4, -0.2) is 43.7 Å². The van der Waals surface area contributed by atoms with Gasteiger partial charge in [0, 0.05) is 12.8 Å². The van der Waals surface area contributed by atoms with E-state index in [1.807, 2.05) is 0 Å². The SMILES string of the molecule is CC(C)(C)OC(=O)N[C@@]1(CN)CC[C@@H](S(C)(=O)=O)C1. The van der Waals surface area contributed by atoms with Crippen LogP contribution in [0.25, 0.3) is 0 Å². The second-order valence-electron chi connectivity index (χ2n) is 6.31. The molecule has 0 heterocycles. The Morgan fingerprint density at radius 1 is 1.47 bits per heavy atom. The minimum Gasteiger partial charge on any atom is -0.444 e. The van der Waals surface area contributed by atoms with E-state index in [4.69, 9.17) is 10.5 Å². The Balaban J connectivity index is 2.72. The van der Waals surface area contributed by atoms with E-state index >= 15 is 0 Å². The van der Waals surface area contributed by atoms with E-state index < -0.39 is 32.3 Å². The van der Waals surface area contributed by atoms with E-state index in [2.05, 4.69) is 5.32 Å². The van der Waals surface area contributed by atoms with Gasteiger partial charge in [0.15, 0.2) is 0 Å². The summed E-state index contributed by atoms with van der Waals surface area (Å²) in [7, 11) is -3.10. The van der Waals surface area contributed by atoms with Crippen LogP contribution in [0.5, 0.6) is 0 Å². The quantitative estimate of drug-likeness (QED) is 0.802. The molecule has 1 amide bonds. The average molecular weight is 292 g/mol. The van der Waals surface area contributed by atoms with E-state index in [9.17, 15) is 13.2 Å². The van der Waals surface area contributed by atoms with E-state index in [1.54, 1.807) is 20.8 Å². The van der Waals surface area contributed by atoms with Gasteiger partial charge in [0.1, 0.15) is 15.4 Å². The number of carbonyl (C=O) groups is 1. The molecule has 0 spiro atoms. The number of sulfone groups is 1. The van der Waals surface area contributed by atoms with Gasteiger partial charge in [0.05, 0.1) is 10.8 Å². The third-order valence-electron chi connectivity index (χ3n) is 3.33. The van der Waals surface area contributed by atoms with E-state index in [0.717, 1.165) is 0 Å². The molecule has 7 heteroatoms. The Morgan fingerprint density at radius 2 is 2.05 bits per heavy atom. The van der Waals surface area contributed by atoms with Crippen molar-refractivity contribution in [2.45, 2.75) is 56.4 Å². The predicted molar refractivity (Wildman–Crippen MR) is 73.6 cm³/mol. The van der Waals surface area contributed by atoms with Gasteiger partial charge in [0.2, 0.25) is 0 Å². The number of hydrogen-bond acceptors (Lipinski definition) is 5. The topological polar surface area (TPSA) is 98.5 Å². The first-order chi connectivity index (χ1) is 8.47. The lowest BCUT2D eigenvalue weighted by atomic mass is 9.98. The van der Waals surface area contributed by atoms with Crippen molar-refractivity contribution in [3.05, 3.63) is 0 Å². The summed E-state index contributed by atoms with van der Waals surface area (Å²) < 4.78 is 28.3. The number of carbonyl (C=O) groups excluding carboxylic acids is 1. The van der Waals surface area contributed by atoms with Gasteiger partial charge in [-0.1, -0.05) is 0 Å². The van der Waals surface area contributed by atoms with Gasteiger partial charge in [-0.25, -0.2) is 13.2 Å². The molecule has 1 aliphatic carbocycles. The van der Waals surface area contributed by atoms with Crippen molar-refractivity contribution in [3.8, 4) is 0 Å². The summed E-state index contributed by atoms with van der Waals surface area (Å²) in [4.78, 5) is 11.8. The van der Waals surface area contributed by atoms with Gasteiger partial charge >= 0.3 is 6.09 Å². The molecular formula is C12H24N2O4S. The summed E-state index contributed by atoms with van der Waals surface area (Å²) >= 11 is 0. The van der Waals surface area contributed by atoms with Gasteiger partial charge in [-0.05, 0) is 40.0 Å². The highest BCUT2D eigenvalue weighted by Crippen LogP contribution is 2.33. The zero-order chi connectivity index (χ0) is 14.9. The molecule has 0 saturated heterocycles. The number of alkyl carbamates (subject to hydrolysis) is 1. The van der Waals surface area contributed by atoms with E-state index in [1.165, 1.54) is 6.26 Å². The molecule has 0 aliphatic heterocycles. The highest BCUT2D eigenvalue weighted by Gasteiger charge is 2.43. The molecule has 1 saturated carbocycles. The van der Waals surface area contributed by atoms with Crippen molar-refractivity contribution < 1.29 is 17.9 Å². The minimum absolute atomic E-state index is 0.207. The number of ether oxygens (including phenoxy) is 1. The number of nitrogens with two attached hydrogens (primary N) is 1. The highest BCUT2D eigenvalue weighted by atomic mass is 32.2. The Bertz CT molecular complexity index is 441. The molecule has 3 N–H and O–H groups in total. The molecule has 0 radical (unpaired) electrons. The standard InChI is InChI=1S/C12H24N2O4S/c1-11(2,3)18-10(15)14-12(8-13)6-5-9(7-12)19(4,16)17/h9H,5-8,13H2,1-4H3,(H,14,15)/t9-,12+/m1/s1. The number of nitrogens with one attached hydrogen (secondary N) is 1. The van der Waals surface area contributed by atoms with Crippen molar-refractivity contribution in [2.75, 3.05) is 12.8 Å². The molecular weight excluding hydrogens is 268 g/mol. The molecule has 6 nitrogen and oxygen atoms in total. The normalized spacial score (nSPS) is 28.2. The molecule has 0 bridgehead atoms. The first-order valence-corrected chi connectivity index (χ1v) is 8.33. The second kappa shape index (κ2) is 5.28. The highest BCUT2D eigenvalue weighted by molar-refractivity contribution is 7.91. The third kappa shape index (κ3) is 4.65. The third-order valence-corrected chi connectivity index (χ3v) is 4.94. The summed E-state index contributed by atoms with van der Waals surface area (Å²) in [5, 5.41) is 2.31. The smallest absolute Gasteiger partial charge is 0.408 e. The number of rotatable bonds is 3. The van der Waals surface area contributed by atoms with Crippen LogP contribution in [0, 0.1) is 0 Å². The zero-order valence-corrected chi connectivity index (χ0v) is 12.8. The molecule has 2 atom stereocenters. The average Bonchev–Trinajstić information content (AvgIpc) is 2.59. The fourth-order valence-electron chi connectivity index (χ4n) is 2.31. The first-order valence-electron chi connectivity index (χ1n) is 6.38. The maximum Gasteiger partial charge on any atom is 0.408 e. The summed E-state index contributed by atoms with van der Waals surface area (Å²) in [6, 6.07) is 0. The van der Waals surface area contributed by atoms with Crippen molar-refractivity contribution >= 4 is 15.9 Å². The van der Waals surface area contributed by atoms with Gasteiger partial charge in [-0.3, -0.25) is 0 Å². The second-order valence-corrected chi connectivity index (χ2v) is 8.63. The monoisotopic (exact) mass is 292 g/mol. The molecule has 0 aromatic heterocycles. The lowest BCUT2D eigenvalue weighted by Gasteiger charge is -2.30. The molecule has 112 valence electrons. The van der Waals surface area contributed by atoms with Crippen LogP contribution in [0.4, 0.5) is 4.79 Å². The maximum atomic E-state index is 11.8. The van der Waals surface area contributed by atoms with Crippen molar-refractivity contribution in [2.24, 2.45) is 5.73 Å². The summed E-state index contributed by atoms with van der Waals surface area (Å²) in [5.74, 6) is 0. The van der Waals surface area contributed by atoms with Gasteiger partial charge in [-0.2, -0.15) is 0 Å². The van der Waals surface area contributed by atoms with Crippen molar-refractivity contribution in [1.29, 1.82) is 0 Å². The van der Waals surface area contributed by atoms with Crippen LogP contribution in [-0.2, 0) is 14.6 Å². The van der Waals surface area contributed by atoms with E-state index in [0.29, 0.717) is 19.3 Å². The van der Waals surface area contributed by atoms with Crippen LogP contribution in [0.2, 0.25) is 0 Å².